The van der Waals surface area contributed by atoms with Crippen LogP contribution in [0.3, 0.4) is 0 Å². The molecule has 0 aromatic carbocycles. The third-order valence-electron chi connectivity index (χ3n) is 3.02. The molecule has 1 fully saturated rings. The number of rotatable bonds is 4. The minimum Gasteiger partial charge on any atom is -0.479 e. The van der Waals surface area contributed by atoms with Gasteiger partial charge in [-0.05, 0) is 31.9 Å². The highest BCUT2D eigenvalue weighted by molar-refractivity contribution is 5.81. The molecule has 1 saturated carbocycles. The van der Waals surface area contributed by atoms with Crippen molar-refractivity contribution in [2.24, 2.45) is 0 Å². The fourth-order valence-electron chi connectivity index (χ4n) is 2.06. The average Bonchev–Trinajstić information content (AvgIpc) is 2.83. The summed E-state index contributed by atoms with van der Waals surface area (Å²) in [7, 11) is 0. The van der Waals surface area contributed by atoms with Crippen LogP contribution in [0.4, 0.5) is 0 Å². The molecule has 1 aromatic rings. The van der Waals surface area contributed by atoms with Gasteiger partial charge in [-0.25, -0.2) is 0 Å². The number of ether oxygens (including phenoxy) is 1. The summed E-state index contributed by atoms with van der Waals surface area (Å²) in [6.45, 7) is 1.76. The van der Waals surface area contributed by atoms with Crippen molar-refractivity contribution < 1.29 is 9.53 Å². The first kappa shape index (κ1) is 11.9. The molecule has 0 aliphatic heterocycles. The molecule has 0 spiro atoms. The van der Waals surface area contributed by atoms with Gasteiger partial charge in [0.25, 0.3) is 5.91 Å². The summed E-state index contributed by atoms with van der Waals surface area (Å²) in [6, 6.07) is 3.92. The zero-order valence-electron chi connectivity index (χ0n) is 10.1. The van der Waals surface area contributed by atoms with Crippen molar-refractivity contribution in [2.75, 3.05) is 0 Å². The van der Waals surface area contributed by atoms with Crippen molar-refractivity contribution in [3.8, 4) is 5.75 Å². The highest BCUT2D eigenvalue weighted by Crippen LogP contribution is 2.18. The molecule has 1 heterocycles. The van der Waals surface area contributed by atoms with Crippen molar-refractivity contribution in [2.45, 2.75) is 44.8 Å². The van der Waals surface area contributed by atoms with Gasteiger partial charge in [0.2, 0.25) is 0 Å². The highest BCUT2D eigenvalue weighted by Gasteiger charge is 2.21. The standard InChI is InChI=1S/C13H18N2O2/c1-10(17-12-7-4-8-14-9-12)13(16)15-11-5-2-3-6-11/h4,7-11H,2-3,5-6H2,1H3,(H,15,16). The second-order valence-corrected chi connectivity index (χ2v) is 4.44. The van der Waals surface area contributed by atoms with Crippen LogP contribution in [0, 0.1) is 0 Å². The Morgan fingerprint density at radius 2 is 2.29 bits per heavy atom. The molecule has 2 rings (SSSR count). The molecule has 4 heteroatoms. The molecule has 0 bridgehead atoms. The predicted molar refractivity (Wildman–Crippen MR) is 64.7 cm³/mol. The molecule has 1 unspecified atom stereocenters. The Labute approximate surface area is 101 Å². The van der Waals surface area contributed by atoms with Crippen LogP contribution >= 0.6 is 0 Å². The van der Waals surface area contributed by atoms with E-state index in [9.17, 15) is 4.79 Å². The van der Waals surface area contributed by atoms with Crippen LogP contribution in [-0.4, -0.2) is 23.0 Å². The Bertz CT molecular complexity index is 361. The second kappa shape index (κ2) is 5.66. The molecule has 1 amide bonds. The number of hydrogen-bond donors (Lipinski definition) is 1. The lowest BCUT2D eigenvalue weighted by Crippen LogP contribution is -2.41. The number of amides is 1. The van der Waals surface area contributed by atoms with E-state index in [2.05, 4.69) is 10.3 Å². The quantitative estimate of drug-likeness (QED) is 0.865. The lowest BCUT2D eigenvalue weighted by Gasteiger charge is -2.17. The predicted octanol–water partition coefficient (Wildman–Crippen LogP) is 1.91. The number of nitrogens with one attached hydrogen (secondary N) is 1. The fraction of sp³-hybridized carbons (Fsp3) is 0.538. The summed E-state index contributed by atoms with van der Waals surface area (Å²) in [5, 5.41) is 3.01. The zero-order chi connectivity index (χ0) is 12.1. The largest absolute Gasteiger partial charge is 0.479 e. The van der Waals surface area contributed by atoms with Crippen molar-refractivity contribution in [3.05, 3.63) is 24.5 Å². The molecular weight excluding hydrogens is 216 g/mol. The van der Waals surface area contributed by atoms with Crippen LogP contribution in [0.25, 0.3) is 0 Å². The molecule has 1 N–H and O–H groups in total. The Kier molecular flexibility index (Phi) is 3.96. The SMILES string of the molecule is CC(Oc1cccnc1)C(=O)NC1CCCC1. The zero-order valence-corrected chi connectivity index (χ0v) is 10.1. The summed E-state index contributed by atoms with van der Waals surface area (Å²) in [5.41, 5.74) is 0. The smallest absolute Gasteiger partial charge is 0.260 e. The number of nitrogens with zero attached hydrogens (tertiary/aromatic N) is 1. The fourth-order valence-corrected chi connectivity index (χ4v) is 2.06. The van der Waals surface area contributed by atoms with Crippen molar-refractivity contribution in [1.29, 1.82) is 0 Å². The minimum absolute atomic E-state index is 0.0410. The van der Waals surface area contributed by atoms with Crippen LogP contribution in [0.5, 0.6) is 5.75 Å². The Morgan fingerprint density at radius 1 is 1.53 bits per heavy atom. The molecule has 1 aliphatic rings. The maximum Gasteiger partial charge on any atom is 0.260 e. The highest BCUT2D eigenvalue weighted by atomic mass is 16.5. The summed E-state index contributed by atoms with van der Waals surface area (Å²) in [6.07, 6.45) is 7.41. The maximum absolute atomic E-state index is 11.8. The topological polar surface area (TPSA) is 51.2 Å². The van der Waals surface area contributed by atoms with Crippen molar-refractivity contribution >= 4 is 5.91 Å². The number of hydrogen-bond acceptors (Lipinski definition) is 3. The molecule has 4 nitrogen and oxygen atoms in total. The van der Waals surface area contributed by atoms with Gasteiger partial charge in [-0.1, -0.05) is 12.8 Å². The number of carbonyl (C=O) groups is 1. The molecule has 0 saturated heterocycles. The Morgan fingerprint density at radius 3 is 2.94 bits per heavy atom. The van der Waals surface area contributed by atoms with E-state index in [0.29, 0.717) is 11.8 Å². The van der Waals surface area contributed by atoms with Gasteiger partial charge < -0.3 is 10.1 Å². The van der Waals surface area contributed by atoms with Crippen LogP contribution < -0.4 is 10.1 Å². The number of pyridine rings is 1. The Hall–Kier alpha value is -1.58. The summed E-state index contributed by atoms with van der Waals surface area (Å²) in [5.74, 6) is 0.585. The van der Waals surface area contributed by atoms with E-state index < -0.39 is 6.10 Å². The third kappa shape index (κ3) is 3.44. The molecule has 17 heavy (non-hydrogen) atoms. The summed E-state index contributed by atoms with van der Waals surface area (Å²) >= 11 is 0. The van der Waals surface area contributed by atoms with E-state index in [1.807, 2.05) is 0 Å². The average molecular weight is 234 g/mol. The van der Waals surface area contributed by atoms with E-state index >= 15 is 0 Å². The van der Waals surface area contributed by atoms with Gasteiger partial charge in [0.15, 0.2) is 6.10 Å². The lowest BCUT2D eigenvalue weighted by atomic mass is 10.2. The molecule has 1 aromatic heterocycles. The summed E-state index contributed by atoms with van der Waals surface area (Å²) < 4.78 is 5.51. The lowest BCUT2D eigenvalue weighted by molar-refractivity contribution is -0.127. The summed E-state index contributed by atoms with van der Waals surface area (Å²) in [4.78, 5) is 15.8. The van der Waals surface area contributed by atoms with Gasteiger partial charge in [0, 0.05) is 12.2 Å². The first-order chi connectivity index (χ1) is 8.25. The molecule has 1 aliphatic carbocycles. The van der Waals surface area contributed by atoms with E-state index in [-0.39, 0.29) is 5.91 Å². The van der Waals surface area contributed by atoms with Crippen LogP contribution in [0.1, 0.15) is 32.6 Å². The van der Waals surface area contributed by atoms with Gasteiger partial charge in [-0.3, -0.25) is 9.78 Å². The molecule has 92 valence electrons. The first-order valence-electron chi connectivity index (χ1n) is 6.13. The molecule has 1 atom stereocenters. The van der Waals surface area contributed by atoms with Crippen LogP contribution in [0.15, 0.2) is 24.5 Å². The minimum atomic E-state index is -0.472. The van der Waals surface area contributed by atoms with Gasteiger partial charge in [0.05, 0.1) is 6.20 Å². The van der Waals surface area contributed by atoms with Gasteiger partial charge in [-0.15, -0.1) is 0 Å². The van der Waals surface area contributed by atoms with Crippen molar-refractivity contribution in [3.63, 3.8) is 0 Å². The van der Waals surface area contributed by atoms with Crippen LogP contribution in [0.2, 0.25) is 0 Å². The number of aromatic nitrogens is 1. The Balaban J connectivity index is 1.82. The maximum atomic E-state index is 11.8. The van der Waals surface area contributed by atoms with Gasteiger partial charge in [0.1, 0.15) is 5.75 Å². The van der Waals surface area contributed by atoms with E-state index in [4.69, 9.17) is 4.74 Å². The molecule has 0 radical (unpaired) electrons. The second-order valence-electron chi connectivity index (χ2n) is 4.44. The van der Waals surface area contributed by atoms with Gasteiger partial charge in [-0.2, -0.15) is 0 Å². The van der Waals surface area contributed by atoms with Crippen molar-refractivity contribution in [1.82, 2.24) is 10.3 Å². The van der Waals surface area contributed by atoms with E-state index in [1.54, 1.807) is 31.5 Å². The molecular formula is C13H18N2O2. The van der Waals surface area contributed by atoms with Gasteiger partial charge >= 0.3 is 0 Å². The van der Waals surface area contributed by atoms with Crippen LogP contribution in [-0.2, 0) is 4.79 Å². The third-order valence-corrected chi connectivity index (χ3v) is 3.02. The monoisotopic (exact) mass is 234 g/mol. The number of carbonyl (C=O) groups excluding carboxylic acids is 1. The van der Waals surface area contributed by atoms with E-state index in [1.165, 1.54) is 12.8 Å². The first-order valence-corrected chi connectivity index (χ1v) is 6.13. The van der Waals surface area contributed by atoms with E-state index in [0.717, 1.165) is 12.8 Å². The normalized spacial score (nSPS) is 17.7.